The maximum Gasteiger partial charge on any atom is 0.410 e. The molecule has 1 saturated heterocycles. The van der Waals surface area contributed by atoms with E-state index in [1.54, 1.807) is 12.0 Å². The smallest absolute Gasteiger partial charge is 0.410 e. The quantitative estimate of drug-likeness (QED) is 0.758. The molecule has 0 radical (unpaired) electrons. The van der Waals surface area contributed by atoms with Crippen LogP contribution in [0.1, 0.15) is 52.1 Å². The number of piperidine rings is 1. The Morgan fingerprint density at radius 2 is 1.89 bits per heavy atom. The van der Waals surface area contributed by atoms with Crippen LogP contribution in [0.2, 0.25) is 0 Å². The zero-order chi connectivity index (χ0) is 20.2. The maximum absolute atomic E-state index is 12.6. The van der Waals surface area contributed by atoms with E-state index >= 15 is 0 Å². The van der Waals surface area contributed by atoms with Gasteiger partial charge in [0.25, 0.3) is 0 Å². The lowest BCUT2D eigenvalue weighted by Gasteiger charge is -2.33. The van der Waals surface area contributed by atoms with E-state index in [1.165, 1.54) is 0 Å². The lowest BCUT2D eigenvalue weighted by atomic mass is 9.95. The molecular formula is C20H29BrN2O4. The Morgan fingerprint density at radius 1 is 1.26 bits per heavy atom. The Balaban J connectivity index is 1.87. The average molecular weight is 441 g/mol. The minimum atomic E-state index is -0.507. The van der Waals surface area contributed by atoms with Crippen molar-refractivity contribution in [3.63, 3.8) is 0 Å². The number of nitrogens with zero attached hydrogens (tertiary/aromatic N) is 1. The molecule has 0 aliphatic carbocycles. The largest absolute Gasteiger partial charge is 0.496 e. The molecule has 7 heteroatoms. The standard InChI is InChI=1S/C20H29BrN2O4/c1-13(15-6-7-17(26-5)16(21)12-15)22-18(24)14-8-10-23(11-9-14)19(25)27-20(2,3)4/h6-7,12-14H,8-11H2,1-5H3,(H,22,24). The number of benzene rings is 1. The van der Waals surface area contributed by atoms with Gasteiger partial charge in [-0.1, -0.05) is 6.07 Å². The van der Waals surface area contributed by atoms with E-state index in [9.17, 15) is 9.59 Å². The Kier molecular flexibility index (Phi) is 7.14. The number of halogens is 1. The molecule has 1 atom stereocenters. The van der Waals surface area contributed by atoms with Crippen molar-refractivity contribution in [2.24, 2.45) is 5.92 Å². The van der Waals surface area contributed by atoms with E-state index in [1.807, 2.05) is 45.9 Å². The van der Waals surface area contributed by atoms with Crippen LogP contribution in [0.4, 0.5) is 4.79 Å². The molecular weight excluding hydrogens is 412 g/mol. The van der Waals surface area contributed by atoms with Crippen molar-refractivity contribution in [3.8, 4) is 5.75 Å². The van der Waals surface area contributed by atoms with E-state index < -0.39 is 5.60 Å². The molecule has 2 rings (SSSR count). The molecule has 150 valence electrons. The topological polar surface area (TPSA) is 67.9 Å². The minimum Gasteiger partial charge on any atom is -0.496 e. The van der Waals surface area contributed by atoms with Gasteiger partial charge < -0.3 is 19.7 Å². The van der Waals surface area contributed by atoms with Crippen LogP contribution < -0.4 is 10.1 Å². The molecule has 6 nitrogen and oxygen atoms in total. The van der Waals surface area contributed by atoms with Gasteiger partial charge in [-0.2, -0.15) is 0 Å². The predicted molar refractivity (Wildman–Crippen MR) is 108 cm³/mol. The summed E-state index contributed by atoms with van der Waals surface area (Å²) in [5.41, 5.74) is 0.495. The van der Waals surface area contributed by atoms with Crippen molar-refractivity contribution in [1.29, 1.82) is 0 Å². The predicted octanol–water partition coefficient (Wildman–Crippen LogP) is 4.28. The van der Waals surface area contributed by atoms with E-state index in [4.69, 9.17) is 9.47 Å². The number of methoxy groups -OCH3 is 1. The summed E-state index contributed by atoms with van der Waals surface area (Å²) in [5, 5.41) is 3.08. The third kappa shape index (κ3) is 6.13. The van der Waals surface area contributed by atoms with Crippen LogP contribution in [0.25, 0.3) is 0 Å². The first-order chi connectivity index (χ1) is 12.6. The molecule has 2 amide bonds. The summed E-state index contributed by atoms with van der Waals surface area (Å²) in [7, 11) is 1.62. The van der Waals surface area contributed by atoms with Crippen molar-refractivity contribution in [2.45, 2.75) is 52.2 Å². The number of carbonyl (C=O) groups excluding carboxylic acids is 2. The number of hydrogen-bond donors (Lipinski definition) is 1. The number of carbonyl (C=O) groups is 2. The first-order valence-corrected chi connectivity index (χ1v) is 10.0. The van der Waals surface area contributed by atoms with Crippen LogP contribution >= 0.6 is 15.9 Å². The van der Waals surface area contributed by atoms with E-state index in [-0.39, 0.29) is 24.0 Å². The molecule has 0 saturated carbocycles. The minimum absolute atomic E-state index is 0.0262. The highest BCUT2D eigenvalue weighted by atomic mass is 79.9. The van der Waals surface area contributed by atoms with Gasteiger partial charge in [0.2, 0.25) is 5.91 Å². The summed E-state index contributed by atoms with van der Waals surface area (Å²) in [6.45, 7) is 8.59. The molecule has 1 fully saturated rings. The fourth-order valence-corrected chi connectivity index (χ4v) is 3.58. The number of hydrogen-bond acceptors (Lipinski definition) is 4. The first kappa shape index (κ1) is 21.5. The molecule has 0 spiro atoms. The number of nitrogens with one attached hydrogen (secondary N) is 1. The highest BCUT2D eigenvalue weighted by Crippen LogP contribution is 2.28. The van der Waals surface area contributed by atoms with Gasteiger partial charge in [-0.25, -0.2) is 4.79 Å². The molecule has 1 aliphatic heterocycles. The molecule has 0 aromatic heterocycles. The van der Waals surface area contributed by atoms with Crippen LogP contribution in [0, 0.1) is 5.92 Å². The third-order valence-corrected chi connectivity index (χ3v) is 5.17. The van der Waals surface area contributed by atoms with Crippen LogP contribution in [0.3, 0.4) is 0 Å². The second-order valence-corrected chi connectivity index (χ2v) is 8.72. The Labute approximate surface area is 169 Å². The highest BCUT2D eigenvalue weighted by molar-refractivity contribution is 9.10. The van der Waals surface area contributed by atoms with E-state index in [2.05, 4.69) is 21.2 Å². The Morgan fingerprint density at radius 3 is 2.41 bits per heavy atom. The van der Waals surface area contributed by atoms with Crippen LogP contribution in [-0.4, -0.2) is 42.7 Å². The number of likely N-dealkylation sites (tertiary alicyclic amines) is 1. The van der Waals surface area contributed by atoms with E-state index in [0.717, 1.165) is 15.8 Å². The molecule has 27 heavy (non-hydrogen) atoms. The second kappa shape index (κ2) is 8.95. The number of rotatable bonds is 4. The Bertz CT molecular complexity index is 679. The van der Waals surface area contributed by atoms with Gasteiger partial charge in [0.05, 0.1) is 17.6 Å². The van der Waals surface area contributed by atoms with Gasteiger partial charge in [0.15, 0.2) is 0 Å². The van der Waals surface area contributed by atoms with Crippen molar-refractivity contribution in [3.05, 3.63) is 28.2 Å². The molecule has 1 aliphatic rings. The fourth-order valence-electron chi connectivity index (χ4n) is 3.02. The van der Waals surface area contributed by atoms with Gasteiger partial charge in [-0.15, -0.1) is 0 Å². The average Bonchev–Trinajstić information content (AvgIpc) is 2.60. The second-order valence-electron chi connectivity index (χ2n) is 7.87. The lowest BCUT2D eigenvalue weighted by molar-refractivity contribution is -0.127. The first-order valence-electron chi connectivity index (χ1n) is 9.22. The van der Waals surface area contributed by atoms with Crippen molar-refractivity contribution < 1.29 is 19.1 Å². The number of amides is 2. The molecule has 1 aromatic carbocycles. The van der Waals surface area contributed by atoms with Crippen LogP contribution in [0.15, 0.2) is 22.7 Å². The zero-order valence-electron chi connectivity index (χ0n) is 16.7. The summed E-state index contributed by atoms with van der Waals surface area (Å²) in [6.07, 6.45) is 0.978. The van der Waals surface area contributed by atoms with Crippen molar-refractivity contribution in [1.82, 2.24) is 10.2 Å². The molecule has 1 heterocycles. The van der Waals surface area contributed by atoms with Gasteiger partial charge in [-0.05, 0) is 74.2 Å². The molecule has 0 bridgehead atoms. The summed E-state index contributed by atoms with van der Waals surface area (Å²) < 4.78 is 11.5. The monoisotopic (exact) mass is 440 g/mol. The van der Waals surface area contributed by atoms with Crippen LogP contribution in [0.5, 0.6) is 5.75 Å². The zero-order valence-corrected chi connectivity index (χ0v) is 18.3. The maximum atomic E-state index is 12.6. The highest BCUT2D eigenvalue weighted by Gasteiger charge is 2.30. The van der Waals surface area contributed by atoms with Crippen LogP contribution in [-0.2, 0) is 9.53 Å². The summed E-state index contributed by atoms with van der Waals surface area (Å²) >= 11 is 3.47. The normalized spacial score (nSPS) is 16.6. The fraction of sp³-hybridized carbons (Fsp3) is 0.600. The van der Waals surface area contributed by atoms with Gasteiger partial charge in [-0.3, -0.25) is 4.79 Å². The SMILES string of the molecule is COc1ccc(C(C)NC(=O)C2CCN(C(=O)OC(C)(C)C)CC2)cc1Br. The van der Waals surface area contributed by atoms with Crippen molar-refractivity contribution in [2.75, 3.05) is 20.2 Å². The Hall–Kier alpha value is -1.76. The molecule has 1 aromatic rings. The molecule has 1 N–H and O–H groups in total. The number of ether oxygens (including phenoxy) is 2. The van der Waals surface area contributed by atoms with Gasteiger partial charge in [0.1, 0.15) is 11.4 Å². The third-order valence-electron chi connectivity index (χ3n) is 4.55. The summed E-state index contributed by atoms with van der Waals surface area (Å²) in [6, 6.07) is 5.67. The molecule has 1 unspecified atom stereocenters. The summed E-state index contributed by atoms with van der Waals surface area (Å²) in [5.74, 6) is 0.692. The van der Waals surface area contributed by atoms with Gasteiger partial charge in [0, 0.05) is 19.0 Å². The van der Waals surface area contributed by atoms with Gasteiger partial charge >= 0.3 is 6.09 Å². The summed E-state index contributed by atoms with van der Waals surface area (Å²) in [4.78, 5) is 26.4. The van der Waals surface area contributed by atoms with Crippen molar-refractivity contribution >= 4 is 27.9 Å². The lowest BCUT2D eigenvalue weighted by Crippen LogP contribution is -2.45. The van der Waals surface area contributed by atoms with E-state index in [0.29, 0.717) is 25.9 Å².